The van der Waals surface area contributed by atoms with Crippen molar-refractivity contribution in [1.82, 2.24) is 0 Å². The number of amides is 1. The Balaban J connectivity index is 1.84. The molecule has 21 heavy (non-hydrogen) atoms. The van der Waals surface area contributed by atoms with Crippen molar-refractivity contribution in [2.45, 2.75) is 13.3 Å². The number of aryl methyl sites for hydroxylation is 1. The summed E-state index contributed by atoms with van der Waals surface area (Å²) < 4.78 is 5.58. The van der Waals surface area contributed by atoms with Crippen molar-refractivity contribution in [1.29, 1.82) is 0 Å². The third-order valence-electron chi connectivity index (χ3n) is 2.95. The topological polar surface area (TPSA) is 64.3 Å². The molecule has 5 heteroatoms. The molecule has 110 valence electrons. The van der Waals surface area contributed by atoms with Crippen LogP contribution in [0.1, 0.15) is 12.0 Å². The van der Waals surface area contributed by atoms with Crippen LogP contribution in [0, 0.1) is 6.92 Å². The molecule has 0 unspecified atom stereocenters. The van der Waals surface area contributed by atoms with E-state index in [-0.39, 0.29) is 12.3 Å². The van der Waals surface area contributed by atoms with E-state index in [2.05, 4.69) is 5.32 Å². The van der Waals surface area contributed by atoms with Gasteiger partial charge in [-0.1, -0.05) is 29.8 Å². The van der Waals surface area contributed by atoms with Gasteiger partial charge in [0.1, 0.15) is 5.75 Å². The number of nitrogens with two attached hydrogens (primary N) is 1. The van der Waals surface area contributed by atoms with E-state index in [0.717, 1.165) is 11.3 Å². The molecule has 2 rings (SSSR count). The molecule has 2 aromatic carbocycles. The summed E-state index contributed by atoms with van der Waals surface area (Å²) in [6, 6.07) is 12.6. The van der Waals surface area contributed by atoms with E-state index in [9.17, 15) is 4.79 Å². The summed E-state index contributed by atoms with van der Waals surface area (Å²) in [7, 11) is 0. The molecule has 0 aromatic heterocycles. The van der Waals surface area contributed by atoms with Gasteiger partial charge in [-0.05, 0) is 36.8 Å². The molecule has 1 amide bonds. The van der Waals surface area contributed by atoms with E-state index in [0.29, 0.717) is 23.0 Å². The standard InChI is InChI=1S/C16H17ClN2O2/c1-11-4-2-3-5-15(11)21-9-8-16(20)19-14-7-6-12(18)10-13(14)17/h2-7,10H,8-9,18H2,1H3,(H,19,20). The van der Waals surface area contributed by atoms with Gasteiger partial charge in [-0.2, -0.15) is 0 Å². The number of anilines is 2. The van der Waals surface area contributed by atoms with Crippen molar-refractivity contribution in [2.24, 2.45) is 0 Å². The highest BCUT2D eigenvalue weighted by atomic mass is 35.5. The number of nitrogen functional groups attached to an aromatic ring is 1. The number of carbonyl (C=O) groups excluding carboxylic acids is 1. The number of carbonyl (C=O) groups is 1. The van der Waals surface area contributed by atoms with Gasteiger partial charge in [0, 0.05) is 5.69 Å². The minimum atomic E-state index is -0.157. The average Bonchev–Trinajstić information content (AvgIpc) is 2.44. The lowest BCUT2D eigenvalue weighted by Gasteiger charge is -2.10. The van der Waals surface area contributed by atoms with Crippen molar-refractivity contribution in [3.63, 3.8) is 0 Å². The SMILES string of the molecule is Cc1ccccc1OCCC(=O)Nc1ccc(N)cc1Cl. The number of hydrogen-bond acceptors (Lipinski definition) is 3. The van der Waals surface area contributed by atoms with Gasteiger partial charge in [0.25, 0.3) is 0 Å². The van der Waals surface area contributed by atoms with Crippen molar-refractivity contribution >= 4 is 28.9 Å². The van der Waals surface area contributed by atoms with Crippen LogP contribution in [0.15, 0.2) is 42.5 Å². The summed E-state index contributed by atoms with van der Waals surface area (Å²) in [4.78, 5) is 11.8. The molecule has 0 spiro atoms. The second-order valence-electron chi connectivity index (χ2n) is 4.65. The van der Waals surface area contributed by atoms with E-state index >= 15 is 0 Å². The average molecular weight is 305 g/mol. The number of nitrogens with one attached hydrogen (secondary N) is 1. The molecule has 0 aliphatic heterocycles. The summed E-state index contributed by atoms with van der Waals surface area (Å²) in [5.74, 6) is 0.631. The summed E-state index contributed by atoms with van der Waals surface area (Å²) in [6.45, 7) is 2.27. The lowest BCUT2D eigenvalue weighted by Crippen LogP contribution is -2.15. The monoisotopic (exact) mass is 304 g/mol. The normalized spacial score (nSPS) is 10.2. The number of hydrogen-bond donors (Lipinski definition) is 2. The van der Waals surface area contributed by atoms with Gasteiger partial charge in [-0.15, -0.1) is 0 Å². The maximum Gasteiger partial charge on any atom is 0.227 e. The molecule has 0 radical (unpaired) electrons. The zero-order chi connectivity index (χ0) is 15.2. The first kappa shape index (κ1) is 15.2. The number of ether oxygens (including phenoxy) is 1. The predicted molar refractivity (Wildman–Crippen MR) is 85.8 cm³/mol. The van der Waals surface area contributed by atoms with Crippen molar-refractivity contribution in [3.8, 4) is 5.75 Å². The molecule has 2 aromatic rings. The summed E-state index contributed by atoms with van der Waals surface area (Å²) in [6.07, 6.45) is 0.245. The first-order valence-electron chi connectivity index (χ1n) is 6.59. The van der Waals surface area contributed by atoms with Crippen LogP contribution in [0.3, 0.4) is 0 Å². The van der Waals surface area contributed by atoms with Crippen LogP contribution >= 0.6 is 11.6 Å². The molecular formula is C16H17ClN2O2. The number of halogens is 1. The van der Waals surface area contributed by atoms with Gasteiger partial charge < -0.3 is 15.8 Å². The highest BCUT2D eigenvalue weighted by Crippen LogP contribution is 2.24. The fourth-order valence-electron chi connectivity index (χ4n) is 1.82. The summed E-state index contributed by atoms with van der Waals surface area (Å²) in [5, 5.41) is 3.15. The van der Waals surface area contributed by atoms with Gasteiger partial charge in [-0.25, -0.2) is 0 Å². The highest BCUT2D eigenvalue weighted by Gasteiger charge is 2.07. The molecule has 0 saturated carbocycles. The van der Waals surface area contributed by atoms with Crippen LogP contribution in [0.25, 0.3) is 0 Å². The Kier molecular flexibility index (Phi) is 5.06. The van der Waals surface area contributed by atoms with Crippen LogP contribution in [0.4, 0.5) is 11.4 Å². The Morgan fingerprint density at radius 2 is 2.05 bits per heavy atom. The number of para-hydroxylation sites is 1. The predicted octanol–water partition coefficient (Wildman–Crippen LogP) is 3.64. The lowest BCUT2D eigenvalue weighted by atomic mass is 10.2. The third kappa shape index (κ3) is 4.39. The van der Waals surface area contributed by atoms with Crippen LogP contribution in [0.5, 0.6) is 5.75 Å². The van der Waals surface area contributed by atoms with Crippen molar-refractivity contribution in [3.05, 3.63) is 53.1 Å². The van der Waals surface area contributed by atoms with Crippen LogP contribution in [0.2, 0.25) is 5.02 Å². The Morgan fingerprint density at radius 3 is 2.76 bits per heavy atom. The molecule has 0 heterocycles. The van der Waals surface area contributed by atoms with Crippen molar-refractivity contribution in [2.75, 3.05) is 17.7 Å². The highest BCUT2D eigenvalue weighted by molar-refractivity contribution is 6.34. The summed E-state index contributed by atoms with van der Waals surface area (Å²) in [5.41, 5.74) is 7.75. The van der Waals surface area contributed by atoms with Gasteiger partial charge in [-0.3, -0.25) is 4.79 Å². The first-order valence-corrected chi connectivity index (χ1v) is 6.97. The van der Waals surface area contributed by atoms with E-state index in [4.69, 9.17) is 22.1 Å². The number of benzene rings is 2. The van der Waals surface area contributed by atoms with Gasteiger partial charge in [0.05, 0.1) is 23.7 Å². The molecule has 0 aliphatic rings. The molecule has 0 bridgehead atoms. The molecule has 0 aliphatic carbocycles. The molecule has 0 fully saturated rings. The minimum Gasteiger partial charge on any atom is -0.493 e. The fourth-order valence-corrected chi connectivity index (χ4v) is 2.05. The molecule has 3 N–H and O–H groups in total. The molecule has 4 nitrogen and oxygen atoms in total. The van der Waals surface area contributed by atoms with Crippen LogP contribution in [-0.4, -0.2) is 12.5 Å². The first-order chi connectivity index (χ1) is 10.1. The Morgan fingerprint density at radius 1 is 1.29 bits per heavy atom. The van der Waals surface area contributed by atoms with E-state index in [1.54, 1.807) is 18.2 Å². The summed E-state index contributed by atoms with van der Waals surface area (Å²) >= 11 is 6.00. The van der Waals surface area contributed by atoms with Crippen molar-refractivity contribution < 1.29 is 9.53 Å². The van der Waals surface area contributed by atoms with Gasteiger partial charge >= 0.3 is 0 Å². The van der Waals surface area contributed by atoms with Crippen LogP contribution < -0.4 is 15.8 Å². The molecule has 0 saturated heterocycles. The second kappa shape index (κ2) is 6.99. The molecule has 0 atom stereocenters. The maximum absolute atomic E-state index is 11.8. The van der Waals surface area contributed by atoms with Crippen LogP contribution in [-0.2, 0) is 4.79 Å². The smallest absolute Gasteiger partial charge is 0.227 e. The molecular weight excluding hydrogens is 288 g/mol. The largest absolute Gasteiger partial charge is 0.493 e. The Bertz CT molecular complexity index is 644. The minimum absolute atomic E-state index is 0.157. The maximum atomic E-state index is 11.8. The van der Waals surface area contributed by atoms with E-state index < -0.39 is 0 Å². The fraction of sp³-hybridized carbons (Fsp3) is 0.188. The van der Waals surface area contributed by atoms with E-state index in [1.165, 1.54) is 0 Å². The Labute approximate surface area is 128 Å². The lowest BCUT2D eigenvalue weighted by molar-refractivity contribution is -0.116. The van der Waals surface area contributed by atoms with Gasteiger partial charge in [0.2, 0.25) is 5.91 Å². The van der Waals surface area contributed by atoms with E-state index in [1.807, 2.05) is 31.2 Å². The third-order valence-corrected chi connectivity index (χ3v) is 3.26. The quantitative estimate of drug-likeness (QED) is 0.829. The van der Waals surface area contributed by atoms with Gasteiger partial charge in [0.15, 0.2) is 0 Å². The Hall–Kier alpha value is -2.20. The zero-order valence-electron chi connectivity index (χ0n) is 11.7. The second-order valence-corrected chi connectivity index (χ2v) is 5.06. The zero-order valence-corrected chi connectivity index (χ0v) is 12.5. The number of rotatable bonds is 5.